The van der Waals surface area contributed by atoms with Gasteiger partial charge < -0.3 is 5.32 Å². The van der Waals surface area contributed by atoms with E-state index in [1.165, 1.54) is 0 Å². The minimum absolute atomic E-state index is 0.248. The number of nitrogens with zero attached hydrogens (tertiary/aromatic N) is 4. The van der Waals surface area contributed by atoms with Crippen LogP contribution in [0.1, 0.15) is 32.9 Å². The van der Waals surface area contributed by atoms with Crippen LogP contribution < -0.4 is 5.32 Å². The molecule has 0 bridgehead atoms. The van der Waals surface area contributed by atoms with E-state index in [1.54, 1.807) is 10.7 Å². The van der Waals surface area contributed by atoms with Gasteiger partial charge in [0.05, 0.1) is 34.0 Å². The number of anilines is 1. The van der Waals surface area contributed by atoms with Gasteiger partial charge in [-0.25, -0.2) is 0 Å². The minimum atomic E-state index is -0.248. The zero-order valence-electron chi connectivity index (χ0n) is 17.4. The maximum absolute atomic E-state index is 12.9. The van der Waals surface area contributed by atoms with E-state index in [0.29, 0.717) is 39.0 Å². The zero-order valence-corrected chi connectivity index (χ0v) is 20.5. The third kappa shape index (κ3) is 4.90. The quantitative estimate of drug-likeness (QED) is 0.325. The Morgan fingerprint density at radius 1 is 1.06 bits per heavy atom. The van der Waals surface area contributed by atoms with Crippen molar-refractivity contribution in [1.29, 1.82) is 0 Å². The third-order valence-corrected chi connectivity index (χ3v) is 6.55. The fraction of sp³-hybridized carbons (Fsp3) is 0.174. The van der Waals surface area contributed by atoms with Gasteiger partial charge in [-0.3, -0.25) is 14.2 Å². The monoisotopic (exact) mass is 531 g/mol. The Kier molecular flexibility index (Phi) is 6.69. The van der Waals surface area contributed by atoms with Gasteiger partial charge in [-0.2, -0.15) is 10.2 Å². The Bertz CT molecular complexity index is 1300. The van der Waals surface area contributed by atoms with Gasteiger partial charge in [0, 0.05) is 16.8 Å². The lowest BCUT2D eigenvalue weighted by molar-refractivity contribution is 0.102. The summed E-state index contributed by atoms with van der Waals surface area (Å²) in [6.07, 6.45) is 1.81. The topological polar surface area (TPSA) is 64.7 Å². The molecular formula is C23H20BrCl2N5O. The Morgan fingerprint density at radius 2 is 1.84 bits per heavy atom. The molecule has 0 saturated heterocycles. The van der Waals surface area contributed by atoms with Crippen LogP contribution >= 0.6 is 39.1 Å². The van der Waals surface area contributed by atoms with E-state index in [-0.39, 0.29) is 5.91 Å². The second kappa shape index (κ2) is 9.48. The van der Waals surface area contributed by atoms with Gasteiger partial charge in [0.2, 0.25) is 0 Å². The van der Waals surface area contributed by atoms with E-state index in [1.807, 2.05) is 67.2 Å². The van der Waals surface area contributed by atoms with E-state index >= 15 is 0 Å². The van der Waals surface area contributed by atoms with Gasteiger partial charge in [0.15, 0.2) is 5.82 Å². The van der Waals surface area contributed by atoms with Gasteiger partial charge in [-0.1, -0.05) is 53.5 Å². The highest BCUT2D eigenvalue weighted by Gasteiger charge is 2.14. The molecule has 164 valence electrons. The molecule has 0 atom stereocenters. The number of benzene rings is 2. The lowest BCUT2D eigenvalue weighted by atomic mass is 10.1. The van der Waals surface area contributed by atoms with Gasteiger partial charge in [-0.15, -0.1) is 0 Å². The predicted octanol–water partition coefficient (Wildman–Crippen LogP) is 6.11. The highest BCUT2D eigenvalue weighted by molar-refractivity contribution is 9.10. The Labute approximate surface area is 204 Å². The van der Waals surface area contributed by atoms with Crippen LogP contribution in [0, 0.1) is 13.8 Å². The van der Waals surface area contributed by atoms with Crippen molar-refractivity contribution in [2.45, 2.75) is 26.9 Å². The van der Waals surface area contributed by atoms with Gasteiger partial charge in [0.25, 0.3) is 5.91 Å². The van der Waals surface area contributed by atoms with E-state index in [4.69, 9.17) is 23.2 Å². The van der Waals surface area contributed by atoms with Crippen molar-refractivity contribution in [2.75, 3.05) is 5.32 Å². The number of carbonyl (C=O) groups excluding carboxylic acids is 1. The van der Waals surface area contributed by atoms with Crippen molar-refractivity contribution in [3.63, 3.8) is 0 Å². The molecule has 32 heavy (non-hydrogen) atoms. The first-order valence-electron chi connectivity index (χ1n) is 9.88. The maximum Gasteiger partial charge on any atom is 0.256 e. The van der Waals surface area contributed by atoms with Gasteiger partial charge in [-0.05, 0) is 59.1 Å². The van der Waals surface area contributed by atoms with E-state index in [2.05, 4.69) is 31.4 Å². The summed E-state index contributed by atoms with van der Waals surface area (Å²) in [5.41, 5.74) is 4.10. The average Bonchev–Trinajstić information content (AvgIpc) is 3.23. The summed E-state index contributed by atoms with van der Waals surface area (Å²) >= 11 is 16.0. The highest BCUT2D eigenvalue weighted by atomic mass is 79.9. The largest absolute Gasteiger partial charge is 0.304 e. The van der Waals surface area contributed by atoms with Crippen LogP contribution in [-0.2, 0) is 13.1 Å². The molecule has 9 heteroatoms. The van der Waals surface area contributed by atoms with Crippen LogP contribution in [0.2, 0.25) is 10.0 Å². The van der Waals surface area contributed by atoms with Crippen LogP contribution in [0.15, 0.2) is 59.2 Å². The van der Waals surface area contributed by atoms with Gasteiger partial charge in [0.1, 0.15) is 0 Å². The SMILES string of the molecule is Cc1nn(Cc2cccc(C(=O)Nc3nn(Cc4ccccc4Cl)cc3Br)c2)c(C)c1Cl. The number of carbonyl (C=O) groups is 1. The lowest BCUT2D eigenvalue weighted by Gasteiger charge is -2.08. The van der Waals surface area contributed by atoms with E-state index < -0.39 is 0 Å². The molecule has 0 aliphatic carbocycles. The fourth-order valence-electron chi connectivity index (χ4n) is 3.36. The predicted molar refractivity (Wildman–Crippen MR) is 131 cm³/mol. The first-order valence-corrected chi connectivity index (χ1v) is 11.4. The molecule has 4 rings (SSSR count). The standard InChI is InChI=1S/C23H20BrCl2N5O/c1-14-21(26)15(2)31(28-14)11-16-6-5-8-17(10-16)23(32)27-22-19(24)13-30(29-22)12-18-7-3-4-9-20(18)25/h3-10,13H,11-12H2,1-2H3,(H,27,29,32). The van der Waals surface area contributed by atoms with Crippen LogP contribution in [0.4, 0.5) is 5.82 Å². The molecule has 2 heterocycles. The molecule has 6 nitrogen and oxygen atoms in total. The molecule has 2 aromatic carbocycles. The molecule has 0 unspecified atom stereocenters. The number of aryl methyl sites for hydroxylation is 1. The summed E-state index contributed by atoms with van der Waals surface area (Å²) in [5, 5.41) is 13.1. The van der Waals surface area contributed by atoms with Crippen molar-refractivity contribution >= 4 is 50.9 Å². The average molecular weight is 533 g/mol. The summed E-state index contributed by atoms with van der Waals surface area (Å²) in [6.45, 7) is 4.82. The van der Waals surface area contributed by atoms with E-state index in [0.717, 1.165) is 22.5 Å². The molecule has 1 amide bonds. The lowest BCUT2D eigenvalue weighted by Crippen LogP contribution is -2.14. The molecule has 0 aliphatic rings. The Hall–Kier alpha value is -2.61. The second-order valence-corrected chi connectivity index (χ2v) is 9.05. The minimum Gasteiger partial charge on any atom is -0.304 e. The van der Waals surface area contributed by atoms with Crippen molar-refractivity contribution in [1.82, 2.24) is 19.6 Å². The molecule has 1 N–H and O–H groups in total. The zero-order chi connectivity index (χ0) is 22.8. The van der Waals surface area contributed by atoms with Crippen molar-refractivity contribution in [2.24, 2.45) is 0 Å². The highest BCUT2D eigenvalue weighted by Crippen LogP contribution is 2.24. The van der Waals surface area contributed by atoms with Crippen LogP contribution in [-0.4, -0.2) is 25.5 Å². The number of nitrogens with one attached hydrogen (secondary N) is 1. The van der Waals surface area contributed by atoms with Crippen LogP contribution in [0.25, 0.3) is 0 Å². The number of hydrogen-bond acceptors (Lipinski definition) is 3. The summed E-state index contributed by atoms with van der Waals surface area (Å²) < 4.78 is 4.25. The number of aromatic nitrogens is 4. The molecular weight excluding hydrogens is 513 g/mol. The van der Waals surface area contributed by atoms with E-state index in [9.17, 15) is 4.79 Å². The smallest absolute Gasteiger partial charge is 0.256 e. The summed E-state index contributed by atoms with van der Waals surface area (Å²) in [7, 11) is 0. The van der Waals surface area contributed by atoms with Crippen molar-refractivity contribution < 1.29 is 4.79 Å². The number of halogens is 3. The Balaban J connectivity index is 1.48. The Morgan fingerprint density at radius 3 is 2.56 bits per heavy atom. The van der Waals surface area contributed by atoms with Crippen molar-refractivity contribution in [3.8, 4) is 0 Å². The first-order chi connectivity index (χ1) is 15.3. The molecule has 0 fully saturated rings. The van der Waals surface area contributed by atoms with Crippen molar-refractivity contribution in [3.05, 3.63) is 97.3 Å². The summed E-state index contributed by atoms with van der Waals surface area (Å²) in [4.78, 5) is 12.9. The molecule has 2 aromatic heterocycles. The fourth-order valence-corrected chi connectivity index (χ4v) is 4.10. The van der Waals surface area contributed by atoms with Crippen LogP contribution in [0.3, 0.4) is 0 Å². The molecule has 0 aliphatic heterocycles. The summed E-state index contributed by atoms with van der Waals surface area (Å²) in [5.74, 6) is 0.194. The third-order valence-electron chi connectivity index (χ3n) is 5.05. The summed E-state index contributed by atoms with van der Waals surface area (Å²) in [6, 6.07) is 15.0. The molecule has 0 spiro atoms. The molecule has 4 aromatic rings. The maximum atomic E-state index is 12.9. The second-order valence-electron chi connectivity index (χ2n) is 7.41. The number of hydrogen-bond donors (Lipinski definition) is 1. The van der Waals surface area contributed by atoms with Gasteiger partial charge >= 0.3 is 0 Å². The molecule has 0 saturated carbocycles. The normalized spacial score (nSPS) is 11.0. The number of rotatable bonds is 6. The van der Waals surface area contributed by atoms with Crippen LogP contribution in [0.5, 0.6) is 0 Å². The molecule has 0 radical (unpaired) electrons. The first kappa shape index (κ1) is 22.6. The number of amides is 1.